The molecule has 0 nitrogen and oxygen atoms in total. The zero-order valence-corrected chi connectivity index (χ0v) is 9.20. The molecule has 0 aromatic heterocycles. The molecule has 0 aliphatic carbocycles. The molecule has 7 heavy (non-hydrogen) atoms. The number of hydrogen-bond acceptors (Lipinski definition) is 0. The minimum atomic E-state index is 0. The Morgan fingerprint density at radius 3 is 1.14 bits per heavy atom. The van der Waals surface area contributed by atoms with Gasteiger partial charge >= 0.3 is 0 Å². The van der Waals surface area contributed by atoms with Crippen LogP contribution in [-0.4, -0.2) is 9.65 Å². The molecule has 0 bridgehead atoms. The molecule has 0 aromatic rings. The minimum Gasteiger partial charge on any atom is -0.114 e. The van der Waals surface area contributed by atoms with Gasteiger partial charge in [-0.25, -0.2) is 0 Å². The molecule has 0 saturated carbocycles. The van der Waals surface area contributed by atoms with Gasteiger partial charge in [0.1, 0.15) is 0 Å². The highest BCUT2D eigenvalue weighted by atomic mass is 79.9. The van der Waals surface area contributed by atoms with Crippen molar-refractivity contribution in [1.29, 1.82) is 0 Å². The summed E-state index contributed by atoms with van der Waals surface area (Å²) in [6, 6.07) is 0. The van der Waals surface area contributed by atoms with Crippen LogP contribution in [-0.2, 0) is 0 Å². The maximum Gasteiger partial charge on any atom is 0.0240 e. The van der Waals surface area contributed by atoms with Crippen LogP contribution >= 0.6 is 48.8 Å². The van der Waals surface area contributed by atoms with Gasteiger partial charge < -0.3 is 0 Å². The monoisotopic (exact) mass is 294 g/mol. The quantitative estimate of drug-likeness (QED) is 0.652. The Kier molecular flexibility index (Phi) is 8.97. The second kappa shape index (κ2) is 5.57. The second-order valence-corrected chi connectivity index (χ2v) is 4.24. The Balaban J connectivity index is 0. The van der Waals surface area contributed by atoms with Gasteiger partial charge in [0, 0.05) is 9.65 Å². The summed E-state index contributed by atoms with van der Waals surface area (Å²) in [5.41, 5.74) is 0. The van der Waals surface area contributed by atoms with Crippen molar-refractivity contribution in [3.8, 4) is 0 Å². The average Bonchev–Trinajstić information content (AvgIpc) is 1.36. The van der Waals surface area contributed by atoms with Crippen molar-refractivity contribution in [3.05, 3.63) is 0 Å². The number of alkyl halides is 2. The summed E-state index contributed by atoms with van der Waals surface area (Å²) in [6.07, 6.45) is 0. The highest BCUT2D eigenvalue weighted by Crippen LogP contribution is 2.10. The first-order valence-electron chi connectivity index (χ1n) is 1.92. The van der Waals surface area contributed by atoms with Gasteiger partial charge in [-0.05, 0) is 0 Å². The molecular formula is C4H9Br3. The lowest BCUT2D eigenvalue weighted by atomic mass is 10.4. The molecule has 2 unspecified atom stereocenters. The molecule has 0 spiro atoms. The number of hydrogen-bond donors (Lipinski definition) is 0. The molecule has 0 rings (SSSR count). The van der Waals surface area contributed by atoms with Crippen molar-refractivity contribution in [2.75, 3.05) is 0 Å². The van der Waals surface area contributed by atoms with Crippen LogP contribution in [0.25, 0.3) is 0 Å². The molecular weight excluding hydrogens is 288 g/mol. The normalized spacial score (nSPS) is 17.1. The first-order chi connectivity index (χ1) is 2.64. The summed E-state index contributed by atoms with van der Waals surface area (Å²) < 4.78 is 0. The van der Waals surface area contributed by atoms with Crippen molar-refractivity contribution in [3.63, 3.8) is 0 Å². The third-order valence-corrected chi connectivity index (χ3v) is 2.93. The lowest BCUT2D eigenvalue weighted by Gasteiger charge is -2.01. The Labute approximate surface area is 72.1 Å². The lowest BCUT2D eigenvalue weighted by molar-refractivity contribution is 0.959. The van der Waals surface area contributed by atoms with E-state index in [0.29, 0.717) is 9.65 Å². The highest BCUT2D eigenvalue weighted by Gasteiger charge is 2.00. The van der Waals surface area contributed by atoms with Crippen LogP contribution < -0.4 is 0 Å². The summed E-state index contributed by atoms with van der Waals surface area (Å²) in [6.45, 7) is 4.22. The SMILES string of the molecule is Br.CC(Br)C(C)Br. The van der Waals surface area contributed by atoms with Gasteiger partial charge in [-0.15, -0.1) is 17.0 Å². The first-order valence-corrected chi connectivity index (χ1v) is 3.76. The van der Waals surface area contributed by atoms with E-state index >= 15 is 0 Å². The van der Waals surface area contributed by atoms with Gasteiger partial charge in [-0.3, -0.25) is 0 Å². The largest absolute Gasteiger partial charge is 0.114 e. The molecule has 2 atom stereocenters. The molecule has 0 N–H and O–H groups in total. The van der Waals surface area contributed by atoms with E-state index in [9.17, 15) is 0 Å². The molecule has 0 radical (unpaired) electrons. The van der Waals surface area contributed by atoms with Crippen LogP contribution in [0.4, 0.5) is 0 Å². The molecule has 0 aliphatic rings. The third kappa shape index (κ3) is 7.44. The van der Waals surface area contributed by atoms with E-state index in [4.69, 9.17) is 0 Å². The predicted molar refractivity (Wildman–Crippen MR) is 47.1 cm³/mol. The summed E-state index contributed by atoms with van der Waals surface area (Å²) in [5, 5.41) is 0. The fourth-order valence-corrected chi connectivity index (χ4v) is 0. The molecule has 0 heterocycles. The van der Waals surface area contributed by atoms with E-state index in [-0.39, 0.29) is 17.0 Å². The van der Waals surface area contributed by atoms with Gasteiger partial charge in [-0.1, -0.05) is 45.7 Å². The summed E-state index contributed by atoms with van der Waals surface area (Å²) in [5.74, 6) is 0. The van der Waals surface area contributed by atoms with E-state index in [2.05, 4.69) is 45.7 Å². The van der Waals surface area contributed by atoms with Crippen molar-refractivity contribution < 1.29 is 0 Å². The fourth-order valence-electron chi connectivity index (χ4n) is 0. The highest BCUT2D eigenvalue weighted by molar-refractivity contribution is 9.12. The maximum absolute atomic E-state index is 3.39. The average molecular weight is 297 g/mol. The third-order valence-electron chi connectivity index (χ3n) is 0.633. The van der Waals surface area contributed by atoms with E-state index in [0.717, 1.165) is 0 Å². The number of halogens is 3. The Hall–Kier alpha value is 1.44. The Bertz CT molecular complexity index is 27.9. The molecule has 0 aromatic carbocycles. The molecule has 0 amide bonds. The van der Waals surface area contributed by atoms with E-state index in [1.165, 1.54) is 0 Å². The zero-order valence-electron chi connectivity index (χ0n) is 4.32. The maximum atomic E-state index is 3.39. The molecule has 46 valence electrons. The zero-order chi connectivity index (χ0) is 5.15. The van der Waals surface area contributed by atoms with Gasteiger partial charge in [0.05, 0.1) is 0 Å². The van der Waals surface area contributed by atoms with Gasteiger partial charge in [-0.2, -0.15) is 0 Å². The molecule has 0 fully saturated rings. The van der Waals surface area contributed by atoms with Crippen molar-refractivity contribution in [2.45, 2.75) is 23.5 Å². The summed E-state index contributed by atoms with van der Waals surface area (Å²) in [4.78, 5) is 1.16. The first kappa shape index (κ1) is 11.3. The van der Waals surface area contributed by atoms with Crippen LogP contribution in [0.3, 0.4) is 0 Å². The van der Waals surface area contributed by atoms with Crippen molar-refractivity contribution in [1.82, 2.24) is 0 Å². The summed E-state index contributed by atoms with van der Waals surface area (Å²) >= 11 is 6.78. The van der Waals surface area contributed by atoms with Crippen LogP contribution in [0.1, 0.15) is 13.8 Å². The fraction of sp³-hybridized carbons (Fsp3) is 1.00. The Morgan fingerprint density at radius 1 is 1.00 bits per heavy atom. The molecule has 0 aliphatic heterocycles. The van der Waals surface area contributed by atoms with E-state index in [1.807, 2.05) is 0 Å². The second-order valence-electron chi connectivity index (χ2n) is 1.36. The summed E-state index contributed by atoms with van der Waals surface area (Å²) in [7, 11) is 0. The van der Waals surface area contributed by atoms with Gasteiger partial charge in [0.25, 0.3) is 0 Å². The van der Waals surface area contributed by atoms with Gasteiger partial charge in [0.15, 0.2) is 0 Å². The number of rotatable bonds is 1. The van der Waals surface area contributed by atoms with E-state index in [1.54, 1.807) is 0 Å². The minimum absolute atomic E-state index is 0. The van der Waals surface area contributed by atoms with Crippen molar-refractivity contribution >= 4 is 48.8 Å². The van der Waals surface area contributed by atoms with Crippen LogP contribution in [0.15, 0.2) is 0 Å². The van der Waals surface area contributed by atoms with Crippen LogP contribution in [0.5, 0.6) is 0 Å². The lowest BCUT2D eigenvalue weighted by Crippen LogP contribution is -2.02. The topological polar surface area (TPSA) is 0 Å². The van der Waals surface area contributed by atoms with E-state index < -0.39 is 0 Å². The standard InChI is InChI=1S/C4H8Br2.BrH/c1-3(5)4(2)6;/h3-4H,1-2H3;1H. The molecule has 3 heteroatoms. The Morgan fingerprint density at radius 2 is 1.14 bits per heavy atom. The van der Waals surface area contributed by atoms with Crippen LogP contribution in [0.2, 0.25) is 0 Å². The smallest absolute Gasteiger partial charge is 0.0240 e. The van der Waals surface area contributed by atoms with Crippen LogP contribution in [0, 0.1) is 0 Å². The predicted octanol–water partition coefficient (Wildman–Crippen LogP) is 3.13. The molecule has 0 saturated heterocycles. The van der Waals surface area contributed by atoms with Gasteiger partial charge in [0.2, 0.25) is 0 Å². The van der Waals surface area contributed by atoms with Crippen molar-refractivity contribution in [2.24, 2.45) is 0 Å².